The van der Waals surface area contributed by atoms with Gasteiger partial charge in [-0.15, -0.1) is 0 Å². The summed E-state index contributed by atoms with van der Waals surface area (Å²) in [5.41, 5.74) is 1.46. The Balaban J connectivity index is 1.77. The largest absolute Gasteiger partial charge is 0.350 e. The standard InChI is InChI=1S/C19H26N4O2S/c1-19(2,3)21-16(24)12-23-15-9-5-4-8-14(15)20-18(23)26-13-17(25)22-10-6-7-11-22/h4-5,8-9H,6-7,10-13H2,1-3H3,(H,21,24). The number of fused-ring (bicyclic) bond motifs is 1. The topological polar surface area (TPSA) is 67.2 Å². The first-order valence-corrected chi connectivity index (χ1v) is 9.99. The Bertz CT molecular complexity index is 803. The second-order valence-electron chi connectivity index (χ2n) is 7.64. The second-order valence-corrected chi connectivity index (χ2v) is 8.59. The molecule has 7 heteroatoms. The molecule has 0 unspecified atom stereocenters. The zero-order chi connectivity index (χ0) is 18.7. The van der Waals surface area contributed by atoms with Crippen LogP contribution in [0.3, 0.4) is 0 Å². The molecule has 1 N–H and O–H groups in total. The number of aromatic nitrogens is 2. The lowest BCUT2D eigenvalue weighted by Crippen LogP contribution is -2.42. The number of rotatable bonds is 5. The minimum Gasteiger partial charge on any atom is -0.350 e. The maximum atomic E-state index is 12.4. The Morgan fingerprint density at radius 3 is 2.58 bits per heavy atom. The highest BCUT2D eigenvalue weighted by atomic mass is 32.2. The van der Waals surface area contributed by atoms with Crippen molar-refractivity contribution in [3.8, 4) is 0 Å². The second kappa shape index (κ2) is 7.70. The summed E-state index contributed by atoms with van der Waals surface area (Å²) in [7, 11) is 0. The third-order valence-electron chi connectivity index (χ3n) is 4.22. The number of amides is 2. The number of hydrogen-bond donors (Lipinski definition) is 1. The van der Waals surface area contributed by atoms with Gasteiger partial charge in [-0.2, -0.15) is 0 Å². The van der Waals surface area contributed by atoms with Gasteiger partial charge in [0.15, 0.2) is 5.16 Å². The van der Waals surface area contributed by atoms with Crippen molar-refractivity contribution in [3.05, 3.63) is 24.3 Å². The summed E-state index contributed by atoms with van der Waals surface area (Å²) in [4.78, 5) is 31.3. The van der Waals surface area contributed by atoms with Crippen molar-refractivity contribution in [1.82, 2.24) is 19.8 Å². The smallest absolute Gasteiger partial charge is 0.240 e. The highest BCUT2D eigenvalue weighted by Crippen LogP contribution is 2.25. The van der Waals surface area contributed by atoms with E-state index in [1.54, 1.807) is 0 Å². The van der Waals surface area contributed by atoms with Crippen LogP contribution in [0.1, 0.15) is 33.6 Å². The van der Waals surface area contributed by atoms with E-state index in [1.807, 2.05) is 54.5 Å². The summed E-state index contributed by atoms with van der Waals surface area (Å²) < 4.78 is 1.90. The highest BCUT2D eigenvalue weighted by Gasteiger charge is 2.21. The molecule has 3 rings (SSSR count). The molecular weight excluding hydrogens is 348 g/mol. The zero-order valence-electron chi connectivity index (χ0n) is 15.6. The Morgan fingerprint density at radius 2 is 1.88 bits per heavy atom. The Morgan fingerprint density at radius 1 is 1.19 bits per heavy atom. The fraction of sp³-hybridized carbons (Fsp3) is 0.526. The number of para-hydroxylation sites is 2. The molecule has 2 amide bonds. The van der Waals surface area contributed by atoms with Crippen LogP contribution in [0.4, 0.5) is 0 Å². The highest BCUT2D eigenvalue weighted by molar-refractivity contribution is 7.99. The van der Waals surface area contributed by atoms with Crippen LogP contribution >= 0.6 is 11.8 Å². The molecule has 1 aromatic carbocycles. The first-order valence-electron chi connectivity index (χ1n) is 9.00. The number of nitrogens with one attached hydrogen (secondary N) is 1. The molecule has 140 valence electrons. The predicted octanol–water partition coefficient (Wildman–Crippen LogP) is 2.67. The Labute approximate surface area is 158 Å². The van der Waals surface area contributed by atoms with Crippen LogP contribution in [0, 0.1) is 0 Å². The molecule has 0 bridgehead atoms. The summed E-state index contributed by atoms with van der Waals surface area (Å²) >= 11 is 1.41. The quantitative estimate of drug-likeness (QED) is 0.817. The summed E-state index contributed by atoms with van der Waals surface area (Å²) in [6.07, 6.45) is 2.17. The van der Waals surface area contributed by atoms with Crippen LogP contribution in [-0.2, 0) is 16.1 Å². The molecule has 6 nitrogen and oxygen atoms in total. The molecule has 2 aromatic rings. The molecule has 0 aliphatic carbocycles. The van der Waals surface area contributed by atoms with Gasteiger partial charge < -0.3 is 14.8 Å². The average molecular weight is 375 g/mol. The van der Waals surface area contributed by atoms with E-state index in [2.05, 4.69) is 10.3 Å². The van der Waals surface area contributed by atoms with E-state index in [-0.39, 0.29) is 23.9 Å². The van der Waals surface area contributed by atoms with Crippen molar-refractivity contribution in [2.75, 3.05) is 18.8 Å². The summed E-state index contributed by atoms with van der Waals surface area (Å²) in [6, 6.07) is 7.75. The van der Waals surface area contributed by atoms with E-state index in [4.69, 9.17) is 0 Å². The number of nitrogens with zero attached hydrogens (tertiary/aromatic N) is 3. The van der Waals surface area contributed by atoms with E-state index < -0.39 is 0 Å². The lowest BCUT2D eigenvalue weighted by Gasteiger charge is -2.21. The van der Waals surface area contributed by atoms with E-state index in [0.29, 0.717) is 10.9 Å². The fourth-order valence-electron chi connectivity index (χ4n) is 3.10. The van der Waals surface area contributed by atoms with Gasteiger partial charge >= 0.3 is 0 Å². The van der Waals surface area contributed by atoms with Crippen LogP contribution in [0.2, 0.25) is 0 Å². The van der Waals surface area contributed by atoms with E-state index >= 15 is 0 Å². The first-order chi connectivity index (χ1) is 12.3. The molecule has 1 aliphatic rings. The third-order valence-corrected chi connectivity index (χ3v) is 5.18. The van der Waals surface area contributed by atoms with Crippen LogP contribution in [0.25, 0.3) is 11.0 Å². The van der Waals surface area contributed by atoms with Gasteiger partial charge in [0.25, 0.3) is 0 Å². The minimum absolute atomic E-state index is 0.0617. The number of carbonyl (C=O) groups is 2. The molecule has 1 fully saturated rings. The van der Waals surface area contributed by atoms with Gasteiger partial charge in [-0.1, -0.05) is 23.9 Å². The van der Waals surface area contributed by atoms with Crippen LogP contribution in [-0.4, -0.2) is 50.6 Å². The van der Waals surface area contributed by atoms with Crippen LogP contribution in [0.5, 0.6) is 0 Å². The fourth-order valence-corrected chi connectivity index (χ4v) is 4.02. The molecule has 26 heavy (non-hydrogen) atoms. The number of carbonyl (C=O) groups excluding carboxylic acids is 2. The molecule has 1 aromatic heterocycles. The first kappa shape index (κ1) is 18.8. The SMILES string of the molecule is CC(C)(C)NC(=O)Cn1c(SCC(=O)N2CCCC2)nc2ccccc21. The van der Waals surface area contributed by atoms with Crippen molar-refractivity contribution >= 4 is 34.6 Å². The van der Waals surface area contributed by atoms with Gasteiger partial charge in [-0.3, -0.25) is 9.59 Å². The summed E-state index contributed by atoms with van der Waals surface area (Å²) in [5.74, 6) is 0.433. The van der Waals surface area contributed by atoms with E-state index in [9.17, 15) is 9.59 Å². The van der Waals surface area contributed by atoms with Crippen molar-refractivity contribution in [1.29, 1.82) is 0 Å². The Kier molecular flexibility index (Phi) is 5.55. The Hall–Kier alpha value is -2.02. The number of imidazole rings is 1. The molecule has 2 heterocycles. The molecule has 0 atom stereocenters. The minimum atomic E-state index is -0.285. The number of benzene rings is 1. The van der Waals surface area contributed by atoms with Crippen molar-refractivity contribution in [3.63, 3.8) is 0 Å². The van der Waals surface area contributed by atoms with Crippen LogP contribution in [0.15, 0.2) is 29.4 Å². The monoisotopic (exact) mass is 374 g/mol. The average Bonchev–Trinajstić information content (AvgIpc) is 3.20. The summed E-state index contributed by atoms with van der Waals surface area (Å²) in [5, 5.41) is 3.70. The van der Waals surface area contributed by atoms with E-state index in [1.165, 1.54) is 11.8 Å². The van der Waals surface area contributed by atoms with E-state index in [0.717, 1.165) is 37.0 Å². The van der Waals surface area contributed by atoms with Crippen molar-refractivity contribution in [2.24, 2.45) is 0 Å². The predicted molar refractivity (Wildman–Crippen MR) is 104 cm³/mol. The van der Waals surface area contributed by atoms with Gasteiger partial charge in [-0.25, -0.2) is 4.98 Å². The van der Waals surface area contributed by atoms with Gasteiger partial charge in [-0.05, 0) is 45.7 Å². The van der Waals surface area contributed by atoms with Crippen LogP contribution < -0.4 is 5.32 Å². The molecule has 0 radical (unpaired) electrons. The molecule has 1 aliphatic heterocycles. The van der Waals surface area contributed by atoms with Gasteiger partial charge in [0, 0.05) is 18.6 Å². The van der Waals surface area contributed by atoms with Gasteiger partial charge in [0.1, 0.15) is 6.54 Å². The number of likely N-dealkylation sites (tertiary alicyclic amines) is 1. The number of thioether (sulfide) groups is 1. The maximum absolute atomic E-state index is 12.4. The van der Waals surface area contributed by atoms with Crippen molar-refractivity contribution in [2.45, 2.75) is 50.9 Å². The summed E-state index contributed by atoms with van der Waals surface area (Å²) in [6.45, 7) is 7.77. The molecule has 0 saturated carbocycles. The molecular formula is C19H26N4O2S. The van der Waals surface area contributed by atoms with Crippen molar-refractivity contribution < 1.29 is 9.59 Å². The third kappa shape index (κ3) is 4.58. The number of hydrogen-bond acceptors (Lipinski definition) is 4. The normalized spacial score (nSPS) is 14.8. The lowest BCUT2D eigenvalue weighted by molar-refractivity contribution is -0.127. The van der Waals surface area contributed by atoms with Gasteiger partial charge in [0.2, 0.25) is 11.8 Å². The van der Waals surface area contributed by atoms with Gasteiger partial charge in [0.05, 0.1) is 16.8 Å². The molecule has 1 saturated heterocycles. The lowest BCUT2D eigenvalue weighted by atomic mass is 10.1. The maximum Gasteiger partial charge on any atom is 0.240 e. The zero-order valence-corrected chi connectivity index (χ0v) is 16.4. The molecule has 0 spiro atoms.